The summed E-state index contributed by atoms with van der Waals surface area (Å²) in [6, 6.07) is 4.24. The summed E-state index contributed by atoms with van der Waals surface area (Å²) in [5, 5.41) is 13.5. The van der Waals surface area contributed by atoms with E-state index in [9.17, 15) is 4.79 Å². The van der Waals surface area contributed by atoms with E-state index in [1.165, 1.54) is 19.3 Å². The van der Waals surface area contributed by atoms with Crippen LogP contribution in [0.5, 0.6) is 0 Å². The Morgan fingerprint density at radius 3 is 2.96 bits per heavy atom. The SMILES string of the molecule is CCCN(CC(=O)N[C@H]1CCCC[C@@H]1C)Cc1nnc(-c2cccs2)o1. The third kappa shape index (κ3) is 5.14. The Kier molecular flexibility index (Phi) is 6.80. The first-order valence-corrected chi connectivity index (χ1v) is 10.4. The zero-order valence-electron chi connectivity index (χ0n) is 15.6. The van der Waals surface area contributed by atoms with Crippen molar-refractivity contribution in [1.29, 1.82) is 0 Å². The van der Waals surface area contributed by atoms with Crippen molar-refractivity contribution in [2.45, 2.75) is 58.5 Å². The number of hydrogen-bond donors (Lipinski definition) is 1. The molecule has 1 amide bonds. The minimum atomic E-state index is 0.0928. The van der Waals surface area contributed by atoms with Crippen LogP contribution in [0.25, 0.3) is 10.8 Å². The second-order valence-corrected chi connectivity index (χ2v) is 8.07. The van der Waals surface area contributed by atoms with E-state index in [1.54, 1.807) is 11.3 Å². The van der Waals surface area contributed by atoms with Crippen molar-refractivity contribution in [2.75, 3.05) is 13.1 Å². The molecule has 1 saturated carbocycles. The lowest BCUT2D eigenvalue weighted by atomic mass is 9.86. The predicted molar refractivity (Wildman–Crippen MR) is 103 cm³/mol. The Balaban J connectivity index is 1.55. The maximum Gasteiger partial charge on any atom is 0.257 e. The van der Waals surface area contributed by atoms with Crippen molar-refractivity contribution in [3.05, 3.63) is 23.4 Å². The fraction of sp³-hybridized carbons (Fsp3) is 0.632. The third-order valence-corrected chi connectivity index (χ3v) is 5.78. The van der Waals surface area contributed by atoms with E-state index < -0.39 is 0 Å². The molecule has 0 aromatic carbocycles. The number of aromatic nitrogens is 2. The zero-order chi connectivity index (χ0) is 18.4. The fourth-order valence-corrected chi connectivity index (χ4v) is 4.17. The molecule has 0 bridgehead atoms. The van der Waals surface area contributed by atoms with Gasteiger partial charge in [-0.3, -0.25) is 9.69 Å². The van der Waals surface area contributed by atoms with Crippen molar-refractivity contribution in [3.8, 4) is 10.8 Å². The number of thiophene rings is 1. The first kappa shape index (κ1) is 19.0. The lowest BCUT2D eigenvalue weighted by Gasteiger charge is -2.30. The van der Waals surface area contributed by atoms with Crippen LogP contribution in [0, 0.1) is 5.92 Å². The van der Waals surface area contributed by atoms with Gasteiger partial charge in [0.05, 0.1) is 18.0 Å². The van der Waals surface area contributed by atoms with Crippen LogP contribution in [0.1, 0.15) is 51.8 Å². The summed E-state index contributed by atoms with van der Waals surface area (Å²) in [4.78, 5) is 15.6. The summed E-state index contributed by atoms with van der Waals surface area (Å²) in [6.45, 7) is 6.04. The maximum absolute atomic E-state index is 12.5. The summed E-state index contributed by atoms with van der Waals surface area (Å²) in [5.74, 6) is 1.76. The molecule has 1 aliphatic rings. The normalized spacial score (nSPS) is 20.4. The largest absolute Gasteiger partial charge is 0.419 e. The van der Waals surface area contributed by atoms with E-state index in [0.29, 0.717) is 36.8 Å². The monoisotopic (exact) mass is 376 g/mol. The van der Waals surface area contributed by atoms with E-state index in [4.69, 9.17) is 4.42 Å². The molecule has 1 aliphatic carbocycles. The highest BCUT2D eigenvalue weighted by molar-refractivity contribution is 7.13. The van der Waals surface area contributed by atoms with Gasteiger partial charge in [0.2, 0.25) is 11.8 Å². The summed E-state index contributed by atoms with van der Waals surface area (Å²) in [6.07, 6.45) is 5.76. The number of nitrogens with zero attached hydrogens (tertiary/aromatic N) is 3. The molecule has 0 spiro atoms. The van der Waals surface area contributed by atoms with Crippen LogP contribution in [0.15, 0.2) is 21.9 Å². The summed E-state index contributed by atoms with van der Waals surface area (Å²) in [5.41, 5.74) is 0. The summed E-state index contributed by atoms with van der Waals surface area (Å²) < 4.78 is 5.77. The number of carbonyl (C=O) groups excluding carboxylic acids is 1. The van der Waals surface area contributed by atoms with Gasteiger partial charge in [-0.15, -0.1) is 21.5 Å². The van der Waals surface area contributed by atoms with Gasteiger partial charge in [0.15, 0.2) is 0 Å². The molecular weight excluding hydrogens is 348 g/mol. The minimum absolute atomic E-state index is 0.0928. The Hall–Kier alpha value is -1.73. The molecule has 0 unspecified atom stereocenters. The molecule has 3 rings (SSSR count). The molecule has 0 aliphatic heterocycles. The highest BCUT2D eigenvalue weighted by Gasteiger charge is 2.24. The first-order chi connectivity index (χ1) is 12.7. The maximum atomic E-state index is 12.5. The Bertz CT molecular complexity index is 686. The van der Waals surface area contributed by atoms with Crippen LogP contribution in [0.3, 0.4) is 0 Å². The first-order valence-electron chi connectivity index (χ1n) is 9.53. The Morgan fingerprint density at radius 2 is 2.23 bits per heavy atom. The number of nitrogens with one attached hydrogen (secondary N) is 1. The molecular formula is C19H28N4O2S. The van der Waals surface area contributed by atoms with E-state index >= 15 is 0 Å². The molecule has 0 radical (unpaired) electrons. The van der Waals surface area contributed by atoms with Gasteiger partial charge in [0.1, 0.15) is 0 Å². The fourth-order valence-electron chi connectivity index (χ4n) is 3.53. The highest BCUT2D eigenvalue weighted by Crippen LogP contribution is 2.24. The van der Waals surface area contributed by atoms with Gasteiger partial charge in [-0.25, -0.2) is 0 Å². The number of amides is 1. The lowest BCUT2D eigenvalue weighted by molar-refractivity contribution is -0.123. The van der Waals surface area contributed by atoms with Crippen molar-refractivity contribution in [2.24, 2.45) is 5.92 Å². The van der Waals surface area contributed by atoms with Crippen LogP contribution in [0.2, 0.25) is 0 Å². The predicted octanol–water partition coefficient (Wildman–Crippen LogP) is 3.71. The second kappa shape index (κ2) is 9.28. The lowest BCUT2D eigenvalue weighted by Crippen LogP contribution is -2.45. The van der Waals surface area contributed by atoms with Crippen molar-refractivity contribution < 1.29 is 9.21 Å². The van der Waals surface area contributed by atoms with Crippen molar-refractivity contribution >= 4 is 17.2 Å². The molecule has 6 nitrogen and oxygen atoms in total. The number of rotatable bonds is 8. The number of carbonyl (C=O) groups is 1. The van der Waals surface area contributed by atoms with Crippen LogP contribution < -0.4 is 5.32 Å². The topological polar surface area (TPSA) is 71.3 Å². The molecule has 26 heavy (non-hydrogen) atoms. The molecule has 1 N–H and O–H groups in total. The van der Waals surface area contributed by atoms with Crippen LogP contribution in [-0.2, 0) is 11.3 Å². The minimum Gasteiger partial charge on any atom is -0.419 e. The average Bonchev–Trinajstić information content (AvgIpc) is 3.28. The third-order valence-electron chi connectivity index (χ3n) is 4.92. The smallest absolute Gasteiger partial charge is 0.257 e. The van der Waals surface area contributed by atoms with E-state index in [-0.39, 0.29) is 5.91 Å². The molecule has 2 aromatic heterocycles. The molecule has 1 fully saturated rings. The van der Waals surface area contributed by atoms with Gasteiger partial charge in [0.25, 0.3) is 5.89 Å². The Labute approximate surface area is 159 Å². The van der Waals surface area contributed by atoms with Crippen LogP contribution in [0.4, 0.5) is 0 Å². The molecule has 0 saturated heterocycles. The molecule has 2 aromatic rings. The van der Waals surface area contributed by atoms with Gasteiger partial charge in [-0.2, -0.15) is 0 Å². The molecule has 2 heterocycles. The molecule has 142 valence electrons. The molecule has 7 heteroatoms. The van der Waals surface area contributed by atoms with Crippen LogP contribution >= 0.6 is 11.3 Å². The quantitative estimate of drug-likeness (QED) is 0.760. The molecule has 2 atom stereocenters. The van der Waals surface area contributed by atoms with Crippen molar-refractivity contribution in [3.63, 3.8) is 0 Å². The van der Waals surface area contributed by atoms with E-state index in [1.807, 2.05) is 17.5 Å². The second-order valence-electron chi connectivity index (χ2n) is 7.12. The van der Waals surface area contributed by atoms with Crippen LogP contribution in [-0.4, -0.2) is 40.1 Å². The summed E-state index contributed by atoms with van der Waals surface area (Å²) >= 11 is 1.57. The zero-order valence-corrected chi connectivity index (χ0v) is 16.4. The van der Waals surface area contributed by atoms with Gasteiger partial charge in [-0.1, -0.05) is 32.8 Å². The highest BCUT2D eigenvalue weighted by atomic mass is 32.1. The standard InChI is InChI=1S/C19H28N4O2S/c1-3-10-23(12-17(24)20-15-8-5-4-7-14(15)2)13-18-21-22-19(25-18)16-9-6-11-26-16/h6,9,11,14-15H,3-5,7-8,10,12-13H2,1-2H3,(H,20,24)/t14-,15-/m0/s1. The van der Waals surface area contributed by atoms with E-state index in [2.05, 4.69) is 34.3 Å². The van der Waals surface area contributed by atoms with Crippen molar-refractivity contribution in [1.82, 2.24) is 20.4 Å². The summed E-state index contributed by atoms with van der Waals surface area (Å²) in [7, 11) is 0. The Morgan fingerprint density at radius 1 is 1.38 bits per heavy atom. The van der Waals surface area contributed by atoms with Gasteiger partial charge in [0, 0.05) is 6.04 Å². The van der Waals surface area contributed by atoms with Gasteiger partial charge >= 0.3 is 0 Å². The van der Waals surface area contributed by atoms with Gasteiger partial charge < -0.3 is 9.73 Å². The number of hydrogen-bond acceptors (Lipinski definition) is 6. The average molecular weight is 377 g/mol. The van der Waals surface area contributed by atoms with E-state index in [0.717, 1.165) is 24.3 Å². The van der Waals surface area contributed by atoms with Gasteiger partial charge in [-0.05, 0) is 43.2 Å².